The molecule has 3 rings (SSSR count). The zero-order valence-corrected chi connectivity index (χ0v) is 15.7. The third-order valence-corrected chi connectivity index (χ3v) is 5.55. The van der Waals surface area contributed by atoms with E-state index in [2.05, 4.69) is 9.29 Å². The van der Waals surface area contributed by atoms with Crippen molar-refractivity contribution in [3.8, 4) is 5.69 Å². The molecule has 0 bridgehead atoms. The van der Waals surface area contributed by atoms with E-state index >= 15 is 0 Å². The SMILES string of the molecule is Cc1cc(C)cc(NS(=O)(=O)c2ccc(-n3c(C)ccc3C)cc2)c1. The third kappa shape index (κ3) is 3.61. The zero-order chi connectivity index (χ0) is 18.2. The Hall–Kier alpha value is -2.53. The molecular formula is C20H22N2O2S. The topological polar surface area (TPSA) is 51.1 Å². The second-order valence-electron chi connectivity index (χ2n) is 6.43. The Morgan fingerprint density at radius 1 is 0.760 bits per heavy atom. The Morgan fingerprint density at radius 3 is 1.80 bits per heavy atom. The first-order valence-electron chi connectivity index (χ1n) is 8.13. The van der Waals surface area contributed by atoms with E-state index in [1.807, 2.05) is 70.2 Å². The molecule has 0 aliphatic heterocycles. The molecule has 0 spiro atoms. The van der Waals surface area contributed by atoms with Crippen LogP contribution in [0.3, 0.4) is 0 Å². The van der Waals surface area contributed by atoms with E-state index in [9.17, 15) is 8.42 Å². The molecule has 25 heavy (non-hydrogen) atoms. The molecule has 0 atom stereocenters. The number of hydrogen-bond acceptors (Lipinski definition) is 2. The molecule has 1 N–H and O–H groups in total. The summed E-state index contributed by atoms with van der Waals surface area (Å²) in [6.45, 7) is 7.95. The molecule has 0 aliphatic carbocycles. The van der Waals surface area contributed by atoms with Gasteiger partial charge in [0.15, 0.2) is 0 Å². The molecule has 0 aliphatic rings. The number of aryl methyl sites for hydroxylation is 4. The largest absolute Gasteiger partial charge is 0.319 e. The van der Waals surface area contributed by atoms with E-state index in [0.29, 0.717) is 5.69 Å². The summed E-state index contributed by atoms with van der Waals surface area (Å²) >= 11 is 0. The van der Waals surface area contributed by atoms with Crippen LogP contribution in [0.1, 0.15) is 22.5 Å². The van der Waals surface area contributed by atoms with Crippen molar-refractivity contribution in [1.29, 1.82) is 0 Å². The molecule has 4 nitrogen and oxygen atoms in total. The van der Waals surface area contributed by atoms with Crippen molar-refractivity contribution in [2.75, 3.05) is 4.72 Å². The number of hydrogen-bond donors (Lipinski definition) is 1. The quantitative estimate of drug-likeness (QED) is 0.749. The van der Waals surface area contributed by atoms with E-state index in [-0.39, 0.29) is 4.90 Å². The molecule has 0 saturated carbocycles. The zero-order valence-electron chi connectivity index (χ0n) is 14.9. The van der Waals surface area contributed by atoms with Crippen LogP contribution in [0, 0.1) is 27.7 Å². The Morgan fingerprint density at radius 2 is 1.28 bits per heavy atom. The molecule has 3 aromatic rings. The maximum atomic E-state index is 12.6. The van der Waals surface area contributed by atoms with Gasteiger partial charge >= 0.3 is 0 Å². The monoisotopic (exact) mass is 354 g/mol. The van der Waals surface area contributed by atoms with Crippen LogP contribution in [0.2, 0.25) is 0 Å². The van der Waals surface area contributed by atoms with E-state index in [0.717, 1.165) is 28.2 Å². The van der Waals surface area contributed by atoms with Crippen molar-refractivity contribution in [2.45, 2.75) is 32.6 Å². The van der Waals surface area contributed by atoms with E-state index in [4.69, 9.17) is 0 Å². The molecule has 1 aromatic heterocycles. The van der Waals surface area contributed by atoms with Gasteiger partial charge in [-0.2, -0.15) is 0 Å². The van der Waals surface area contributed by atoms with Crippen LogP contribution < -0.4 is 4.72 Å². The number of nitrogens with one attached hydrogen (secondary N) is 1. The van der Waals surface area contributed by atoms with Crippen LogP contribution in [0.5, 0.6) is 0 Å². The summed E-state index contributed by atoms with van der Waals surface area (Å²) in [5.74, 6) is 0. The predicted octanol–water partition coefficient (Wildman–Crippen LogP) is 4.51. The number of nitrogens with zero attached hydrogens (tertiary/aromatic N) is 1. The average molecular weight is 354 g/mol. The standard InChI is InChI=1S/C20H22N2O2S/c1-14-11-15(2)13-18(12-14)21-25(23,24)20-9-7-19(8-10-20)22-16(3)5-6-17(22)4/h5-13,21H,1-4H3. The van der Waals surface area contributed by atoms with Gasteiger partial charge in [0.1, 0.15) is 0 Å². The fraction of sp³-hybridized carbons (Fsp3) is 0.200. The molecule has 130 valence electrons. The van der Waals surface area contributed by atoms with E-state index in [1.165, 1.54) is 0 Å². The van der Waals surface area contributed by atoms with Crippen LogP contribution in [-0.2, 0) is 10.0 Å². The minimum absolute atomic E-state index is 0.248. The summed E-state index contributed by atoms with van der Waals surface area (Å²) in [6.07, 6.45) is 0. The molecule has 5 heteroatoms. The van der Waals surface area contributed by atoms with Crippen LogP contribution >= 0.6 is 0 Å². The van der Waals surface area contributed by atoms with Gasteiger partial charge in [0.05, 0.1) is 4.90 Å². The minimum Gasteiger partial charge on any atom is -0.319 e. The molecule has 0 radical (unpaired) electrons. The smallest absolute Gasteiger partial charge is 0.261 e. The summed E-state index contributed by atoms with van der Waals surface area (Å²) in [5, 5.41) is 0. The minimum atomic E-state index is -3.61. The van der Waals surface area contributed by atoms with Gasteiger partial charge in [0, 0.05) is 22.8 Å². The summed E-state index contributed by atoms with van der Waals surface area (Å²) in [7, 11) is -3.61. The van der Waals surface area contributed by atoms with Gasteiger partial charge in [0.2, 0.25) is 0 Å². The highest BCUT2D eigenvalue weighted by atomic mass is 32.2. The lowest BCUT2D eigenvalue weighted by molar-refractivity contribution is 0.601. The van der Waals surface area contributed by atoms with Gasteiger partial charge in [-0.1, -0.05) is 6.07 Å². The highest BCUT2D eigenvalue weighted by Gasteiger charge is 2.15. The van der Waals surface area contributed by atoms with Crippen LogP contribution in [0.15, 0.2) is 59.5 Å². The van der Waals surface area contributed by atoms with Crippen molar-refractivity contribution < 1.29 is 8.42 Å². The molecule has 0 amide bonds. The normalized spacial score (nSPS) is 11.5. The van der Waals surface area contributed by atoms with Gasteiger partial charge in [-0.25, -0.2) is 8.42 Å². The number of aromatic nitrogens is 1. The Labute approximate surface area is 149 Å². The third-order valence-electron chi connectivity index (χ3n) is 4.15. The number of anilines is 1. The van der Waals surface area contributed by atoms with E-state index in [1.54, 1.807) is 12.1 Å². The summed E-state index contributed by atoms with van der Waals surface area (Å²) in [4.78, 5) is 0.248. The second-order valence-corrected chi connectivity index (χ2v) is 8.11. The lowest BCUT2D eigenvalue weighted by atomic mass is 10.1. The fourth-order valence-electron chi connectivity index (χ4n) is 3.10. The maximum absolute atomic E-state index is 12.6. The molecule has 2 aromatic carbocycles. The summed E-state index contributed by atoms with van der Waals surface area (Å²) in [6, 6.07) is 16.7. The van der Waals surface area contributed by atoms with Crippen molar-refractivity contribution >= 4 is 15.7 Å². The Balaban J connectivity index is 1.90. The molecule has 0 saturated heterocycles. The number of benzene rings is 2. The summed E-state index contributed by atoms with van der Waals surface area (Å²) < 4.78 is 30.0. The Kier molecular flexibility index (Phi) is 4.43. The highest BCUT2D eigenvalue weighted by Crippen LogP contribution is 2.21. The first-order valence-corrected chi connectivity index (χ1v) is 9.61. The Bertz CT molecular complexity index is 977. The second kappa shape index (κ2) is 6.41. The molecular weight excluding hydrogens is 332 g/mol. The molecule has 1 heterocycles. The van der Waals surface area contributed by atoms with E-state index < -0.39 is 10.0 Å². The van der Waals surface area contributed by atoms with Gasteiger partial charge in [-0.3, -0.25) is 4.72 Å². The predicted molar refractivity (Wildman–Crippen MR) is 102 cm³/mol. The first-order chi connectivity index (χ1) is 11.8. The summed E-state index contributed by atoms with van der Waals surface area (Å²) in [5.41, 5.74) is 5.80. The van der Waals surface area contributed by atoms with Crippen molar-refractivity contribution in [3.05, 3.63) is 77.1 Å². The number of sulfonamides is 1. The van der Waals surface area contributed by atoms with Crippen LogP contribution in [0.4, 0.5) is 5.69 Å². The van der Waals surface area contributed by atoms with Gasteiger partial charge < -0.3 is 4.57 Å². The fourth-order valence-corrected chi connectivity index (χ4v) is 4.14. The average Bonchev–Trinajstić information content (AvgIpc) is 2.85. The van der Waals surface area contributed by atoms with Crippen molar-refractivity contribution in [2.24, 2.45) is 0 Å². The lowest BCUT2D eigenvalue weighted by Gasteiger charge is -2.12. The van der Waals surface area contributed by atoms with Crippen molar-refractivity contribution in [3.63, 3.8) is 0 Å². The first kappa shape index (κ1) is 17.3. The number of rotatable bonds is 4. The van der Waals surface area contributed by atoms with Gasteiger partial charge in [0.25, 0.3) is 10.0 Å². The van der Waals surface area contributed by atoms with Crippen LogP contribution in [-0.4, -0.2) is 13.0 Å². The van der Waals surface area contributed by atoms with Crippen molar-refractivity contribution in [1.82, 2.24) is 4.57 Å². The highest BCUT2D eigenvalue weighted by molar-refractivity contribution is 7.92. The van der Waals surface area contributed by atoms with Crippen LogP contribution in [0.25, 0.3) is 5.69 Å². The van der Waals surface area contributed by atoms with Gasteiger partial charge in [-0.15, -0.1) is 0 Å². The molecule has 0 unspecified atom stereocenters. The maximum Gasteiger partial charge on any atom is 0.261 e. The molecule has 0 fully saturated rings. The van der Waals surface area contributed by atoms with Gasteiger partial charge in [-0.05, 0) is 87.4 Å². The lowest BCUT2D eigenvalue weighted by Crippen LogP contribution is -2.13.